The second kappa shape index (κ2) is 7.49. The summed E-state index contributed by atoms with van der Waals surface area (Å²) in [5.74, 6) is 0.209. The predicted octanol–water partition coefficient (Wildman–Crippen LogP) is 4.16. The van der Waals surface area contributed by atoms with E-state index < -0.39 is 4.92 Å². The van der Waals surface area contributed by atoms with Crippen molar-refractivity contribution in [1.82, 2.24) is 9.78 Å². The third-order valence-corrected chi connectivity index (χ3v) is 4.34. The Hall–Kier alpha value is -3.00. The monoisotopic (exact) mass is 414 g/mol. The Balaban J connectivity index is 1.79. The minimum absolute atomic E-state index is 0.0428. The lowest BCUT2D eigenvalue weighted by Gasteiger charge is -2.10. The van der Waals surface area contributed by atoms with E-state index in [1.807, 2.05) is 24.3 Å². The van der Waals surface area contributed by atoms with Gasteiger partial charge in [-0.3, -0.25) is 14.9 Å². The molecule has 7 nitrogen and oxygen atoms in total. The van der Waals surface area contributed by atoms with Crippen molar-refractivity contribution in [3.63, 3.8) is 0 Å². The van der Waals surface area contributed by atoms with Crippen LogP contribution in [0.1, 0.15) is 21.5 Å². The number of amides is 1. The molecule has 0 aliphatic carbocycles. The number of anilines is 1. The maximum absolute atomic E-state index is 12.5. The average Bonchev–Trinajstić information content (AvgIpc) is 3.01. The van der Waals surface area contributed by atoms with E-state index in [4.69, 9.17) is 0 Å². The van der Waals surface area contributed by atoms with Gasteiger partial charge in [0.1, 0.15) is 5.82 Å². The standard InChI is InChI=1S/C18H15BrN4O3/c1-12-9-15(23(25)26)5-6-16(12)18(24)21-17-7-8-20-22(17)11-13-3-2-4-14(19)10-13/h2-10H,11H2,1H3,(H,21,24). The van der Waals surface area contributed by atoms with Gasteiger partial charge in [0, 0.05) is 28.2 Å². The highest BCUT2D eigenvalue weighted by Crippen LogP contribution is 2.19. The van der Waals surface area contributed by atoms with Gasteiger partial charge in [0.25, 0.3) is 11.6 Å². The number of halogens is 1. The highest BCUT2D eigenvalue weighted by Gasteiger charge is 2.15. The van der Waals surface area contributed by atoms with Crippen molar-refractivity contribution in [2.45, 2.75) is 13.5 Å². The maximum atomic E-state index is 12.5. The Morgan fingerprint density at radius 2 is 2.08 bits per heavy atom. The lowest BCUT2D eigenvalue weighted by molar-refractivity contribution is -0.384. The average molecular weight is 415 g/mol. The van der Waals surface area contributed by atoms with Crippen LogP contribution in [0.4, 0.5) is 11.5 Å². The van der Waals surface area contributed by atoms with E-state index in [0.717, 1.165) is 10.0 Å². The molecule has 0 radical (unpaired) electrons. The first-order valence-corrected chi connectivity index (χ1v) is 8.56. The number of non-ortho nitro benzene ring substituents is 1. The number of nitro benzene ring substituents is 1. The molecule has 0 aliphatic heterocycles. The van der Waals surface area contributed by atoms with Crippen molar-refractivity contribution in [2.75, 3.05) is 5.32 Å². The number of nitrogens with zero attached hydrogens (tertiary/aromatic N) is 3. The maximum Gasteiger partial charge on any atom is 0.269 e. The van der Waals surface area contributed by atoms with Gasteiger partial charge < -0.3 is 5.32 Å². The smallest absolute Gasteiger partial charge is 0.269 e. The molecule has 26 heavy (non-hydrogen) atoms. The Morgan fingerprint density at radius 1 is 1.27 bits per heavy atom. The largest absolute Gasteiger partial charge is 0.307 e. The molecule has 1 amide bonds. The molecule has 3 rings (SSSR count). The van der Waals surface area contributed by atoms with Gasteiger partial charge in [-0.25, -0.2) is 4.68 Å². The molecule has 1 aromatic heterocycles. The molecule has 0 aliphatic rings. The van der Waals surface area contributed by atoms with Crippen molar-refractivity contribution < 1.29 is 9.72 Å². The van der Waals surface area contributed by atoms with Crippen LogP contribution in [0, 0.1) is 17.0 Å². The molecule has 0 spiro atoms. The predicted molar refractivity (Wildman–Crippen MR) is 101 cm³/mol. The van der Waals surface area contributed by atoms with Gasteiger partial charge in [0.15, 0.2) is 0 Å². The normalized spacial score (nSPS) is 10.5. The quantitative estimate of drug-likeness (QED) is 0.501. The van der Waals surface area contributed by atoms with Gasteiger partial charge in [0.05, 0.1) is 17.7 Å². The number of carbonyl (C=O) groups excluding carboxylic acids is 1. The molecule has 1 heterocycles. The number of aromatic nitrogens is 2. The van der Waals surface area contributed by atoms with E-state index in [1.54, 1.807) is 23.9 Å². The first-order valence-electron chi connectivity index (χ1n) is 7.76. The zero-order valence-electron chi connectivity index (χ0n) is 13.8. The van der Waals surface area contributed by atoms with E-state index in [9.17, 15) is 14.9 Å². The van der Waals surface area contributed by atoms with E-state index in [0.29, 0.717) is 23.5 Å². The van der Waals surface area contributed by atoms with Gasteiger partial charge >= 0.3 is 0 Å². The summed E-state index contributed by atoms with van der Waals surface area (Å²) in [7, 11) is 0. The number of benzene rings is 2. The van der Waals surface area contributed by atoms with Crippen LogP contribution in [0.15, 0.2) is 59.2 Å². The van der Waals surface area contributed by atoms with Crippen LogP contribution in [0.25, 0.3) is 0 Å². The van der Waals surface area contributed by atoms with Crippen LogP contribution in [0.2, 0.25) is 0 Å². The minimum atomic E-state index is -0.484. The second-order valence-electron chi connectivity index (χ2n) is 5.71. The third kappa shape index (κ3) is 3.97. The molecule has 3 aromatic rings. The zero-order chi connectivity index (χ0) is 18.7. The molecule has 0 saturated carbocycles. The summed E-state index contributed by atoms with van der Waals surface area (Å²) in [6, 6.07) is 13.7. The summed E-state index contributed by atoms with van der Waals surface area (Å²) in [5.41, 5.74) is 1.91. The summed E-state index contributed by atoms with van der Waals surface area (Å²) in [5, 5.41) is 17.9. The molecule has 132 valence electrons. The fourth-order valence-corrected chi connectivity index (χ4v) is 3.02. The first-order chi connectivity index (χ1) is 12.4. The van der Waals surface area contributed by atoms with E-state index in [2.05, 4.69) is 26.3 Å². The molecule has 0 unspecified atom stereocenters. The number of aryl methyl sites for hydroxylation is 1. The van der Waals surface area contributed by atoms with Crippen LogP contribution in [-0.2, 0) is 6.54 Å². The Kier molecular flexibility index (Phi) is 5.13. The molecular formula is C18H15BrN4O3. The molecule has 0 bridgehead atoms. The van der Waals surface area contributed by atoms with E-state index in [-0.39, 0.29) is 11.6 Å². The van der Waals surface area contributed by atoms with Crippen LogP contribution in [-0.4, -0.2) is 20.6 Å². The number of carbonyl (C=O) groups is 1. The Bertz CT molecular complexity index is 984. The zero-order valence-corrected chi connectivity index (χ0v) is 15.4. The van der Waals surface area contributed by atoms with Crippen molar-refractivity contribution in [3.05, 3.63) is 86.0 Å². The van der Waals surface area contributed by atoms with Gasteiger partial charge in [-0.1, -0.05) is 28.1 Å². The fourth-order valence-electron chi connectivity index (χ4n) is 2.57. The summed E-state index contributed by atoms with van der Waals surface area (Å²) >= 11 is 3.43. The first kappa shape index (κ1) is 17.8. The number of rotatable bonds is 5. The second-order valence-corrected chi connectivity index (χ2v) is 6.63. The van der Waals surface area contributed by atoms with Crippen molar-refractivity contribution >= 4 is 33.3 Å². The van der Waals surface area contributed by atoms with Crippen LogP contribution in [0.3, 0.4) is 0 Å². The Morgan fingerprint density at radius 3 is 2.77 bits per heavy atom. The van der Waals surface area contributed by atoms with Crippen LogP contribution >= 0.6 is 15.9 Å². The molecule has 0 atom stereocenters. The van der Waals surface area contributed by atoms with Crippen molar-refractivity contribution in [3.8, 4) is 0 Å². The molecule has 1 N–H and O–H groups in total. The number of hydrogen-bond donors (Lipinski definition) is 1. The summed E-state index contributed by atoms with van der Waals surface area (Å²) in [6.45, 7) is 2.17. The molecular weight excluding hydrogens is 400 g/mol. The molecule has 0 saturated heterocycles. The van der Waals surface area contributed by atoms with Crippen molar-refractivity contribution in [1.29, 1.82) is 0 Å². The van der Waals surface area contributed by atoms with Crippen LogP contribution < -0.4 is 5.32 Å². The van der Waals surface area contributed by atoms with E-state index >= 15 is 0 Å². The highest BCUT2D eigenvalue weighted by atomic mass is 79.9. The van der Waals surface area contributed by atoms with Crippen molar-refractivity contribution in [2.24, 2.45) is 0 Å². The van der Waals surface area contributed by atoms with Gasteiger partial charge in [-0.15, -0.1) is 0 Å². The number of nitrogens with one attached hydrogen (secondary N) is 1. The van der Waals surface area contributed by atoms with E-state index in [1.165, 1.54) is 18.2 Å². The lowest BCUT2D eigenvalue weighted by Crippen LogP contribution is -2.17. The van der Waals surface area contributed by atoms with Gasteiger partial charge in [0.2, 0.25) is 0 Å². The SMILES string of the molecule is Cc1cc([N+](=O)[O-])ccc1C(=O)Nc1ccnn1Cc1cccc(Br)c1. The summed E-state index contributed by atoms with van der Waals surface area (Å²) < 4.78 is 2.65. The lowest BCUT2D eigenvalue weighted by atomic mass is 10.1. The topological polar surface area (TPSA) is 90.1 Å². The number of nitro groups is 1. The van der Waals surface area contributed by atoms with Gasteiger partial charge in [-0.05, 0) is 36.2 Å². The summed E-state index contributed by atoms with van der Waals surface area (Å²) in [6.07, 6.45) is 1.61. The fraction of sp³-hybridized carbons (Fsp3) is 0.111. The third-order valence-electron chi connectivity index (χ3n) is 3.84. The minimum Gasteiger partial charge on any atom is -0.307 e. The molecule has 8 heteroatoms. The molecule has 2 aromatic carbocycles. The van der Waals surface area contributed by atoms with Crippen LogP contribution in [0.5, 0.6) is 0 Å². The van der Waals surface area contributed by atoms with Gasteiger partial charge in [-0.2, -0.15) is 5.10 Å². The highest BCUT2D eigenvalue weighted by molar-refractivity contribution is 9.10. The summed E-state index contributed by atoms with van der Waals surface area (Å²) in [4.78, 5) is 22.9. The Labute approximate surface area is 157 Å². The number of hydrogen-bond acceptors (Lipinski definition) is 4. The molecule has 0 fully saturated rings.